The van der Waals surface area contributed by atoms with E-state index in [2.05, 4.69) is 4.90 Å². The van der Waals surface area contributed by atoms with Gasteiger partial charge in [0.05, 0.1) is 13.8 Å². The van der Waals surface area contributed by atoms with Gasteiger partial charge in [0.25, 0.3) is 0 Å². The molecule has 0 saturated carbocycles. The van der Waals surface area contributed by atoms with E-state index in [1.165, 1.54) is 19.2 Å². The largest absolute Gasteiger partial charge is 0.508 e. The molecule has 1 aliphatic carbocycles. The first-order valence-corrected chi connectivity index (χ1v) is 13.1. The van der Waals surface area contributed by atoms with Crippen molar-refractivity contribution in [1.82, 2.24) is 4.90 Å². The van der Waals surface area contributed by atoms with Gasteiger partial charge in [-0.05, 0) is 102 Å². The number of ether oxygens (including phenoxy) is 2. The van der Waals surface area contributed by atoms with Gasteiger partial charge >= 0.3 is 0 Å². The van der Waals surface area contributed by atoms with Crippen LogP contribution in [0.15, 0.2) is 54.6 Å². The summed E-state index contributed by atoms with van der Waals surface area (Å²) in [6, 6.07) is 15.7. The van der Waals surface area contributed by atoms with Crippen molar-refractivity contribution >= 4 is 11.1 Å². The van der Waals surface area contributed by atoms with Crippen LogP contribution in [0, 0.1) is 11.6 Å². The Balaban J connectivity index is 0.00000353. The van der Waals surface area contributed by atoms with Crippen molar-refractivity contribution in [3.8, 4) is 17.2 Å². The average Bonchev–Trinajstić information content (AvgIpc) is 3.26. The number of likely N-dealkylation sites (tertiary alicyclic amines) is 1. The van der Waals surface area contributed by atoms with E-state index in [0.29, 0.717) is 18.4 Å². The predicted octanol–water partition coefficient (Wildman–Crippen LogP) is 7.42. The highest BCUT2D eigenvalue weighted by Gasteiger charge is 2.25. The second-order valence-corrected chi connectivity index (χ2v) is 9.92. The minimum atomic E-state index is -0.745. The predicted molar refractivity (Wildman–Crippen MR) is 149 cm³/mol. The molecule has 5 rings (SSSR count). The van der Waals surface area contributed by atoms with E-state index < -0.39 is 17.4 Å². The molecule has 1 heterocycles. The number of halogens is 3. The van der Waals surface area contributed by atoms with Crippen molar-refractivity contribution in [3.63, 3.8) is 0 Å². The van der Waals surface area contributed by atoms with Crippen molar-refractivity contribution in [2.45, 2.75) is 45.6 Å². The molecule has 1 atom stereocenters. The third-order valence-corrected chi connectivity index (χ3v) is 7.37. The van der Waals surface area contributed by atoms with Crippen molar-refractivity contribution in [3.05, 3.63) is 88.5 Å². The molecule has 208 valence electrons. The Morgan fingerprint density at radius 2 is 1.72 bits per heavy atom. The van der Waals surface area contributed by atoms with Gasteiger partial charge in [0.2, 0.25) is 0 Å². The van der Waals surface area contributed by atoms with Crippen molar-refractivity contribution in [1.29, 1.82) is 0 Å². The van der Waals surface area contributed by atoms with Crippen LogP contribution >= 0.6 is 0 Å². The number of phenols is 1. The van der Waals surface area contributed by atoms with Crippen molar-refractivity contribution < 1.29 is 27.8 Å². The Bertz CT molecular complexity index is 1300. The van der Waals surface area contributed by atoms with Gasteiger partial charge in [0.1, 0.15) is 17.6 Å². The van der Waals surface area contributed by atoms with Crippen LogP contribution in [0.5, 0.6) is 17.2 Å². The van der Waals surface area contributed by atoms with Crippen LogP contribution in [0.25, 0.3) is 11.1 Å². The normalized spacial score (nSPS) is 17.4. The highest BCUT2D eigenvalue weighted by atomic mass is 19.1. The first kappa shape index (κ1) is 28.6. The first-order chi connectivity index (χ1) is 18.5. The van der Waals surface area contributed by atoms with Crippen LogP contribution in [0.4, 0.5) is 13.2 Å². The number of aryl methyl sites for hydroxylation is 1. The minimum absolute atomic E-state index is 0. The smallest absolute Gasteiger partial charge is 0.190 e. The molecule has 2 aliphatic rings. The fraction of sp³-hybridized carbons (Fsp3) is 0.375. The Kier molecular flexibility index (Phi) is 9.23. The molecule has 0 spiro atoms. The highest BCUT2D eigenvalue weighted by molar-refractivity contribution is 6.00. The number of allylic oxidation sites excluding steroid dienone is 1. The van der Waals surface area contributed by atoms with E-state index >= 15 is 0 Å². The fourth-order valence-electron chi connectivity index (χ4n) is 5.59. The SMILES string of the molecule is C.COc1c(F)cc(C2=C(c3ccc(O[C@H]4CCN(CCCF)C4)cc3)c3ccc(O)cc3CCC2)cc1F. The summed E-state index contributed by atoms with van der Waals surface area (Å²) in [5, 5.41) is 10.1. The Labute approximate surface area is 228 Å². The minimum Gasteiger partial charge on any atom is -0.508 e. The quantitative estimate of drug-likeness (QED) is 0.323. The van der Waals surface area contributed by atoms with Crippen LogP contribution < -0.4 is 9.47 Å². The van der Waals surface area contributed by atoms with Gasteiger partial charge in [-0.15, -0.1) is 0 Å². The number of methoxy groups -OCH3 is 1. The molecule has 4 nitrogen and oxygen atoms in total. The third-order valence-electron chi connectivity index (χ3n) is 7.37. The van der Waals surface area contributed by atoms with Crippen LogP contribution in [0.3, 0.4) is 0 Å². The van der Waals surface area contributed by atoms with Crippen molar-refractivity contribution in [2.75, 3.05) is 33.4 Å². The Hall–Kier alpha value is -3.45. The van der Waals surface area contributed by atoms with Crippen molar-refractivity contribution in [2.24, 2.45) is 0 Å². The van der Waals surface area contributed by atoms with Crippen LogP contribution in [-0.4, -0.2) is 49.5 Å². The van der Waals surface area contributed by atoms with Gasteiger partial charge in [-0.1, -0.05) is 25.6 Å². The molecule has 3 aromatic carbocycles. The van der Waals surface area contributed by atoms with Crippen LogP contribution in [0.1, 0.15) is 55.4 Å². The molecule has 1 fully saturated rings. The number of hydrogen-bond acceptors (Lipinski definition) is 4. The number of rotatable bonds is 8. The summed E-state index contributed by atoms with van der Waals surface area (Å²) in [7, 11) is 1.25. The molecule has 1 aliphatic heterocycles. The summed E-state index contributed by atoms with van der Waals surface area (Å²) in [6.45, 7) is 2.12. The number of nitrogens with zero attached hydrogens (tertiary/aromatic N) is 1. The number of hydrogen-bond donors (Lipinski definition) is 1. The van der Waals surface area contributed by atoms with E-state index in [0.717, 1.165) is 72.5 Å². The number of phenolic OH excluding ortho intramolecular Hbond substituents is 1. The van der Waals surface area contributed by atoms with E-state index in [4.69, 9.17) is 9.47 Å². The summed E-state index contributed by atoms with van der Waals surface area (Å²) >= 11 is 0. The van der Waals surface area contributed by atoms with E-state index in [9.17, 15) is 18.3 Å². The maximum absolute atomic E-state index is 14.7. The van der Waals surface area contributed by atoms with Gasteiger partial charge in [-0.2, -0.15) is 0 Å². The first-order valence-electron chi connectivity index (χ1n) is 13.1. The lowest BCUT2D eigenvalue weighted by Gasteiger charge is -2.19. The molecular weight excluding hydrogens is 503 g/mol. The molecule has 7 heteroatoms. The molecule has 1 N–H and O–H groups in total. The van der Waals surface area contributed by atoms with Gasteiger partial charge < -0.3 is 14.6 Å². The summed E-state index contributed by atoms with van der Waals surface area (Å²) < 4.78 is 53.1. The fourth-order valence-corrected chi connectivity index (χ4v) is 5.59. The lowest BCUT2D eigenvalue weighted by Crippen LogP contribution is -2.26. The summed E-state index contributed by atoms with van der Waals surface area (Å²) in [5.41, 5.74) is 5.00. The zero-order valence-electron chi connectivity index (χ0n) is 21.5. The number of aromatic hydroxyl groups is 1. The zero-order valence-corrected chi connectivity index (χ0v) is 21.5. The Morgan fingerprint density at radius 1 is 0.974 bits per heavy atom. The topological polar surface area (TPSA) is 41.9 Å². The van der Waals surface area contributed by atoms with Crippen LogP contribution in [-0.2, 0) is 6.42 Å². The summed E-state index contributed by atoms with van der Waals surface area (Å²) in [5.74, 6) is -0.953. The average molecular weight is 540 g/mol. The molecule has 0 aromatic heterocycles. The lowest BCUT2D eigenvalue weighted by molar-refractivity contribution is 0.198. The van der Waals surface area contributed by atoms with Gasteiger partial charge in [-0.3, -0.25) is 9.29 Å². The Morgan fingerprint density at radius 3 is 2.41 bits per heavy atom. The van der Waals surface area contributed by atoms with E-state index in [1.54, 1.807) is 12.1 Å². The van der Waals surface area contributed by atoms with E-state index in [-0.39, 0.29) is 26.0 Å². The summed E-state index contributed by atoms with van der Waals surface area (Å²) in [4.78, 5) is 2.22. The van der Waals surface area contributed by atoms with E-state index in [1.807, 2.05) is 30.3 Å². The molecule has 39 heavy (non-hydrogen) atoms. The molecule has 0 radical (unpaired) electrons. The number of benzene rings is 3. The van der Waals surface area contributed by atoms with Crippen LogP contribution in [0.2, 0.25) is 0 Å². The number of alkyl halides is 1. The molecule has 3 aromatic rings. The molecule has 0 amide bonds. The molecule has 0 bridgehead atoms. The van der Waals surface area contributed by atoms with Gasteiger partial charge in [-0.25, -0.2) is 8.78 Å². The second kappa shape index (κ2) is 12.6. The highest BCUT2D eigenvalue weighted by Crippen LogP contribution is 2.42. The second-order valence-electron chi connectivity index (χ2n) is 9.92. The summed E-state index contributed by atoms with van der Waals surface area (Å²) in [6.07, 6.45) is 3.62. The lowest BCUT2D eigenvalue weighted by atomic mass is 9.87. The molecule has 0 unspecified atom stereocenters. The molecular formula is C32H36F3NO3. The van der Waals surface area contributed by atoms with Gasteiger partial charge in [0.15, 0.2) is 17.4 Å². The zero-order chi connectivity index (χ0) is 26.6. The molecule has 1 saturated heterocycles. The third kappa shape index (κ3) is 6.25. The maximum atomic E-state index is 14.7. The van der Waals surface area contributed by atoms with Gasteiger partial charge in [0, 0.05) is 19.6 Å². The number of fused-ring (bicyclic) bond motifs is 1. The maximum Gasteiger partial charge on any atom is 0.190 e. The standard InChI is InChI=1S/C31H32F3NO3.CH4/c1-37-31-28(33)17-22(18-29(31)34)26-5-2-4-21-16-23(36)8-11-27(21)30(26)20-6-9-24(10-7-20)38-25-12-15-35(19-25)14-3-13-32;/h6-11,16-18,25,36H,2-5,12-15,19H2,1H3;1H4/t25-;/m0./s1. The monoisotopic (exact) mass is 539 g/mol.